The average molecular weight is 249 g/mol. The van der Waals surface area contributed by atoms with Crippen LogP contribution in [-0.2, 0) is 20.9 Å². The minimum absolute atomic E-state index is 0.174. The lowest BCUT2D eigenvalue weighted by Crippen LogP contribution is -2.46. The van der Waals surface area contributed by atoms with Crippen molar-refractivity contribution in [2.45, 2.75) is 25.5 Å². The molecule has 1 amide bonds. The summed E-state index contributed by atoms with van der Waals surface area (Å²) in [5, 5.41) is 2.65. The Kier molecular flexibility index (Phi) is 3.50. The number of nitrogens with one attached hydrogen (secondary N) is 1. The summed E-state index contributed by atoms with van der Waals surface area (Å²) in [6, 6.07) is 9.39. The molecule has 0 bridgehead atoms. The number of hydrogen-bond donors (Lipinski definition) is 1. The number of carbonyl (C=O) groups excluding carboxylic acids is 2. The Morgan fingerprint density at radius 3 is 2.78 bits per heavy atom. The van der Waals surface area contributed by atoms with Crippen molar-refractivity contribution in [2.24, 2.45) is 0 Å². The van der Waals surface area contributed by atoms with Crippen LogP contribution >= 0.6 is 0 Å². The van der Waals surface area contributed by atoms with Gasteiger partial charge in [0.1, 0.15) is 13.2 Å². The van der Waals surface area contributed by atoms with E-state index in [9.17, 15) is 9.59 Å². The molecule has 18 heavy (non-hydrogen) atoms. The van der Waals surface area contributed by atoms with Gasteiger partial charge in [-0.3, -0.25) is 4.79 Å². The van der Waals surface area contributed by atoms with Crippen molar-refractivity contribution >= 4 is 12.1 Å². The average Bonchev–Trinajstić information content (AvgIpc) is 2.68. The minimum atomic E-state index is -0.662. The Hall–Kier alpha value is -2.04. The number of amides is 1. The SMILES string of the molecule is C[C@]1(NC(=O)OCc2ccccc2)COC(=O)C1. The van der Waals surface area contributed by atoms with E-state index in [1.807, 2.05) is 30.3 Å². The molecule has 0 aromatic heterocycles. The summed E-state index contributed by atoms with van der Waals surface area (Å²) in [7, 11) is 0. The number of rotatable bonds is 3. The second-order valence-electron chi connectivity index (χ2n) is 4.58. The highest BCUT2D eigenvalue weighted by atomic mass is 16.6. The molecule has 0 saturated carbocycles. The zero-order valence-corrected chi connectivity index (χ0v) is 10.1. The Morgan fingerprint density at radius 2 is 2.17 bits per heavy atom. The lowest BCUT2D eigenvalue weighted by atomic mass is 10.0. The molecule has 2 rings (SSSR count). The van der Waals surface area contributed by atoms with Gasteiger partial charge in [0, 0.05) is 0 Å². The van der Waals surface area contributed by atoms with Gasteiger partial charge in [0.25, 0.3) is 0 Å². The fraction of sp³-hybridized carbons (Fsp3) is 0.385. The maximum Gasteiger partial charge on any atom is 0.408 e. The van der Waals surface area contributed by atoms with E-state index in [4.69, 9.17) is 9.47 Å². The first-order valence-corrected chi connectivity index (χ1v) is 5.72. The molecule has 0 spiro atoms. The van der Waals surface area contributed by atoms with Gasteiger partial charge in [-0.1, -0.05) is 30.3 Å². The van der Waals surface area contributed by atoms with Gasteiger partial charge >= 0.3 is 12.1 Å². The smallest absolute Gasteiger partial charge is 0.408 e. The van der Waals surface area contributed by atoms with Gasteiger partial charge in [-0.15, -0.1) is 0 Å². The molecule has 0 unspecified atom stereocenters. The number of hydrogen-bond acceptors (Lipinski definition) is 4. The van der Waals surface area contributed by atoms with Crippen molar-refractivity contribution in [2.75, 3.05) is 6.61 Å². The molecule has 1 heterocycles. The largest absolute Gasteiger partial charge is 0.463 e. The van der Waals surface area contributed by atoms with E-state index in [2.05, 4.69) is 5.32 Å². The van der Waals surface area contributed by atoms with Crippen LogP contribution in [0.3, 0.4) is 0 Å². The summed E-state index contributed by atoms with van der Waals surface area (Å²) in [4.78, 5) is 22.6. The summed E-state index contributed by atoms with van der Waals surface area (Å²) >= 11 is 0. The van der Waals surface area contributed by atoms with E-state index < -0.39 is 11.6 Å². The molecule has 5 heteroatoms. The fourth-order valence-corrected chi connectivity index (χ4v) is 1.75. The van der Waals surface area contributed by atoms with Crippen LogP contribution in [0.15, 0.2) is 30.3 Å². The third-order valence-electron chi connectivity index (χ3n) is 2.70. The van der Waals surface area contributed by atoms with Crippen LogP contribution in [0.1, 0.15) is 18.9 Å². The van der Waals surface area contributed by atoms with E-state index in [0.29, 0.717) is 0 Å². The highest BCUT2D eigenvalue weighted by Crippen LogP contribution is 2.18. The predicted molar refractivity (Wildman–Crippen MR) is 63.7 cm³/mol. The molecule has 5 nitrogen and oxygen atoms in total. The number of cyclic esters (lactones) is 1. The van der Waals surface area contributed by atoms with E-state index in [0.717, 1.165) is 5.56 Å². The molecule has 1 atom stereocenters. The van der Waals surface area contributed by atoms with Gasteiger partial charge in [0.2, 0.25) is 0 Å². The molecule has 0 aliphatic carbocycles. The van der Waals surface area contributed by atoms with Gasteiger partial charge < -0.3 is 14.8 Å². The van der Waals surface area contributed by atoms with Gasteiger partial charge in [-0.05, 0) is 12.5 Å². The van der Waals surface area contributed by atoms with Crippen molar-refractivity contribution in [3.8, 4) is 0 Å². The molecule has 1 aromatic carbocycles. The molecular weight excluding hydrogens is 234 g/mol. The Balaban J connectivity index is 1.81. The number of ether oxygens (including phenoxy) is 2. The van der Waals surface area contributed by atoms with Crippen molar-refractivity contribution in [3.63, 3.8) is 0 Å². The molecule has 1 saturated heterocycles. The molecule has 1 aromatic rings. The third kappa shape index (κ3) is 3.23. The Bertz CT molecular complexity index is 446. The van der Waals surface area contributed by atoms with Crippen molar-refractivity contribution in [1.82, 2.24) is 5.32 Å². The van der Waals surface area contributed by atoms with Gasteiger partial charge in [0.05, 0.1) is 12.0 Å². The monoisotopic (exact) mass is 249 g/mol. The summed E-state index contributed by atoms with van der Waals surface area (Å²) in [5.74, 6) is -0.305. The topological polar surface area (TPSA) is 64.6 Å². The van der Waals surface area contributed by atoms with Crippen molar-refractivity contribution in [3.05, 3.63) is 35.9 Å². The molecular formula is C13H15NO4. The minimum Gasteiger partial charge on any atom is -0.463 e. The second-order valence-corrected chi connectivity index (χ2v) is 4.58. The fourth-order valence-electron chi connectivity index (χ4n) is 1.75. The summed E-state index contributed by atoms with van der Waals surface area (Å²) in [5.41, 5.74) is 0.252. The first kappa shape index (κ1) is 12.4. The zero-order valence-electron chi connectivity index (χ0n) is 10.1. The molecule has 96 valence electrons. The highest BCUT2D eigenvalue weighted by Gasteiger charge is 2.37. The van der Waals surface area contributed by atoms with E-state index in [-0.39, 0.29) is 25.6 Å². The van der Waals surface area contributed by atoms with E-state index >= 15 is 0 Å². The number of esters is 1. The first-order valence-electron chi connectivity index (χ1n) is 5.72. The van der Waals surface area contributed by atoms with Gasteiger partial charge in [-0.25, -0.2) is 4.79 Å². The van der Waals surface area contributed by atoms with Gasteiger partial charge in [-0.2, -0.15) is 0 Å². The molecule has 1 aliphatic rings. The summed E-state index contributed by atoms with van der Waals surface area (Å²) in [6.45, 7) is 2.14. The molecule has 1 aliphatic heterocycles. The quantitative estimate of drug-likeness (QED) is 0.827. The van der Waals surface area contributed by atoms with Crippen LogP contribution in [0.5, 0.6) is 0 Å². The molecule has 1 N–H and O–H groups in total. The first-order chi connectivity index (χ1) is 8.57. The predicted octanol–water partition coefficient (Wildman–Crippen LogP) is 1.62. The highest BCUT2D eigenvalue weighted by molar-refractivity contribution is 5.76. The standard InChI is InChI=1S/C13H15NO4/c1-13(7-11(15)18-9-13)14-12(16)17-8-10-5-3-2-4-6-10/h2-6H,7-9H2,1H3,(H,14,16)/t13-/m1/s1. The van der Waals surface area contributed by atoms with Crippen LogP contribution in [0.25, 0.3) is 0 Å². The normalized spacial score (nSPS) is 22.4. The van der Waals surface area contributed by atoms with Gasteiger partial charge in [0.15, 0.2) is 0 Å². The molecule has 0 radical (unpaired) electrons. The van der Waals surface area contributed by atoms with Crippen LogP contribution in [-0.4, -0.2) is 24.2 Å². The van der Waals surface area contributed by atoms with Crippen LogP contribution in [0, 0.1) is 0 Å². The Labute approximate surface area is 105 Å². The number of alkyl carbamates (subject to hydrolysis) is 1. The lowest BCUT2D eigenvalue weighted by Gasteiger charge is -2.21. The van der Waals surface area contributed by atoms with Crippen LogP contribution < -0.4 is 5.32 Å². The van der Waals surface area contributed by atoms with E-state index in [1.54, 1.807) is 6.92 Å². The summed E-state index contributed by atoms with van der Waals surface area (Å²) < 4.78 is 9.90. The molecule has 1 fully saturated rings. The third-order valence-corrected chi connectivity index (χ3v) is 2.70. The van der Waals surface area contributed by atoms with Crippen LogP contribution in [0.2, 0.25) is 0 Å². The number of carbonyl (C=O) groups is 2. The van der Waals surface area contributed by atoms with Crippen molar-refractivity contribution in [1.29, 1.82) is 0 Å². The van der Waals surface area contributed by atoms with Crippen molar-refractivity contribution < 1.29 is 19.1 Å². The van der Waals surface area contributed by atoms with E-state index in [1.165, 1.54) is 0 Å². The maximum atomic E-state index is 11.6. The Morgan fingerprint density at radius 1 is 1.44 bits per heavy atom. The van der Waals surface area contributed by atoms with Crippen LogP contribution in [0.4, 0.5) is 4.79 Å². The lowest BCUT2D eigenvalue weighted by molar-refractivity contribution is -0.137. The summed E-state index contributed by atoms with van der Waals surface area (Å²) in [6.07, 6.45) is -0.368. The second kappa shape index (κ2) is 5.08. The maximum absolute atomic E-state index is 11.6. The zero-order chi connectivity index (χ0) is 13.0. The number of benzene rings is 1.